The lowest BCUT2D eigenvalue weighted by molar-refractivity contribution is -0.115. The summed E-state index contributed by atoms with van der Waals surface area (Å²) in [6, 6.07) is 0. The van der Waals surface area contributed by atoms with Gasteiger partial charge in [0, 0.05) is 13.0 Å². The van der Waals surface area contributed by atoms with Gasteiger partial charge in [0.1, 0.15) is 0 Å². The largest absolute Gasteiger partial charge is 0.416 e. The fraction of sp³-hybridized carbons (Fsp3) is 0.727. The molecule has 0 radical (unpaired) electrons. The predicted molar refractivity (Wildman–Crippen MR) is 70.8 cm³/mol. The van der Waals surface area contributed by atoms with E-state index in [1.807, 2.05) is 0 Å². The van der Waals surface area contributed by atoms with Crippen molar-refractivity contribution in [2.24, 2.45) is 0 Å². The van der Waals surface area contributed by atoms with E-state index in [9.17, 15) is 4.79 Å². The lowest BCUT2D eigenvalue weighted by atomic mass is 10.2. The van der Waals surface area contributed by atoms with Crippen LogP contribution in [-0.4, -0.2) is 20.7 Å². The highest BCUT2D eigenvalue weighted by Gasteiger charge is 2.36. The Labute approximate surface area is 102 Å². The first-order valence-corrected chi connectivity index (χ1v) is 8.96. The SMILES string of the molecule is CC(C)(C)[Si](C)(C)OCCC(=O)C=CBr. The van der Waals surface area contributed by atoms with Gasteiger partial charge in [0.2, 0.25) is 0 Å². The van der Waals surface area contributed by atoms with Crippen molar-refractivity contribution in [3.8, 4) is 0 Å². The summed E-state index contributed by atoms with van der Waals surface area (Å²) < 4.78 is 5.88. The molecule has 0 spiro atoms. The zero-order valence-corrected chi connectivity index (χ0v) is 12.8. The van der Waals surface area contributed by atoms with Gasteiger partial charge in [-0.15, -0.1) is 0 Å². The minimum Gasteiger partial charge on any atom is -0.416 e. The zero-order valence-electron chi connectivity index (χ0n) is 10.3. The first-order chi connectivity index (χ1) is 6.70. The van der Waals surface area contributed by atoms with Crippen molar-refractivity contribution >= 4 is 30.0 Å². The highest BCUT2D eigenvalue weighted by atomic mass is 79.9. The van der Waals surface area contributed by atoms with Crippen molar-refractivity contribution in [3.63, 3.8) is 0 Å². The highest BCUT2D eigenvalue weighted by molar-refractivity contribution is 9.11. The Morgan fingerprint density at radius 2 is 1.93 bits per heavy atom. The lowest BCUT2D eigenvalue weighted by Crippen LogP contribution is -2.41. The van der Waals surface area contributed by atoms with Gasteiger partial charge in [-0.25, -0.2) is 0 Å². The molecule has 0 unspecified atom stereocenters. The van der Waals surface area contributed by atoms with Crippen LogP contribution in [0.1, 0.15) is 27.2 Å². The summed E-state index contributed by atoms with van der Waals surface area (Å²) in [5.41, 5.74) is 0. The average Bonchev–Trinajstić information content (AvgIpc) is 2.01. The molecule has 0 aromatic rings. The third-order valence-corrected chi connectivity index (χ3v) is 7.67. The molecular weight excluding hydrogens is 272 g/mol. The number of rotatable bonds is 5. The van der Waals surface area contributed by atoms with Gasteiger partial charge in [0.15, 0.2) is 14.1 Å². The Balaban J connectivity index is 4.01. The van der Waals surface area contributed by atoms with Gasteiger partial charge < -0.3 is 4.43 Å². The van der Waals surface area contributed by atoms with Gasteiger partial charge in [-0.2, -0.15) is 0 Å². The second-order valence-electron chi connectivity index (χ2n) is 5.12. The van der Waals surface area contributed by atoms with Gasteiger partial charge in [-0.05, 0) is 29.2 Å². The predicted octanol–water partition coefficient (Wildman–Crippen LogP) is 3.88. The van der Waals surface area contributed by atoms with Crippen LogP contribution in [0, 0.1) is 0 Å². The van der Waals surface area contributed by atoms with Crippen LogP contribution < -0.4 is 0 Å². The molecule has 0 aliphatic carbocycles. The molecule has 0 saturated carbocycles. The van der Waals surface area contributed by atoms with E-state index in [0.717, 1.165) is 0 Å². The zero-order chi connectivity index (χ0) is 12.1. The van der Waals surface area contributed by atoms with Crippen molar-refractivity contribution in [1.29, 1.82) is 0 Å². The summed E-state index contributed by atoms with van der Waals surface area (Å²) in [7, 11) is -1.68. The van der Waals surface area contributed by atoms with Crippen LogP contribution in [-0.2, 0) is 9.22 Å². The second-order valence-corrected chi connectivity index (χ2v) is 10.5. The fourth-order valence-corrected chi connectivity index (χ4v) is 2.12. The Bertz CT molecular complexity index is 241. The molecule has 0 N–H and O–H groups in total. The fourth-order valence-electron chi connectivity index (χ4n) is 0.777. The van der Waals surface area contributed by atoms with Gasteiger partial charge in [0.05, 0.1) is 0 Å². The third kappa shape index (κ3) is 5.63. The molecule has 2 nitrogen and oxygen atoms in total. The maximum Gasteiger partial charge on any atom is 0.191 e. The standard InChI is InChI=1S/C11H21BrO2Si/c1-11(2,3)15(4,5)14-9-7-10(13)6-8-12/h6,8H,7,9H2,1-5H3. The molecule has 0 aromatic heterocycles. The van der Waals surface area contributed by atoms with Crippen LogP contribution in [0.3, 0.4) is 0 Å². The van der Waals surface area contributed by atoms with E-state index in [2.05, 4.69) is 49.8 Å². The van der Waals surface area contributed by atoms with Crippen LogP contribution in [0.5, 0.6) is 0 Å². The van der Waals surface area contributed by atoms with Crippen molar-refractivity contribution in [2.75, 3.05) is 6.61 Å². The number of hydrogen-bond donors (Lipinski definition) is 0. The summed E-state index contributed by atoms with van der Waals surface area (Å²) in [5, 5.41) is 0.210. The lowest BCUT2D eigenvalue weighted by Gasteiger charge is -2.36. The molecule has 0 fully saturated rings. The minimum absolute atomic E-state index is 0.102. The average molecular weight is 293 g/mol. The Morgan fingerprint density at radius 3 is 2.33 bits per heavy atom. The summed E-state index contributed by atoms with van der Waals surface area (Å²) in [6.07, 6.45) is 1.99. The van der Waals surface area contributed by atoms with Crippen LogP contribution in [0.25, 0.3) is 0 Å². The molecule has 0 aromatic carbocycles. The molecule has 0 bridgehead atoms. The summed E-state index contributed by atoms with van der Waals surface area (Å²) in [5.74, 6) is 0.102. The van der Waals surface area contributed by atoms with E-state index in [0.29, 0.717) is 13.0 Å². The Kier molecular flexibility index (Phi) is 5.99. The van der Waals surface area contributed by atoms with Crippen molar-refractivity contribution in [2.45, 2.75) is 45.3 Å². The monoisotopic (exact) mass is 292 g/mol. The van der Waals surface area contributed by atoms with Crippen LogP contribution in [0.4, 0.5) is 0 Å². The van der Waals surface area contributed by atoms with E-state index >= 15 is 0 Å². The molecule has 4 heteroatoms. The van der Waals surface area contributed by atoms with Crippen molar-refractivity contribution in [1.82, 2.24) is 0 Å². The van der Waals surface area contributed by atoms with Gasteiger partial charge in [-0.1, -0.05) is 36.7 Å². The molecular formula is C11H21BrO2Si. The quantitative estimate of drug-likeness (QED) is 0.568. The normalized spacial score (nSPS) is 13.5. The molecule has 0 aliphatic heterocycles. The molecule has 0 aliphatic rings. The molecule has 0 amide bonds. The number of carbonyl (C=O) groups is 1. The van der Waals surface area contributed by atoms with Crippen LogP contribution >= 0.6 is 15.9 Å². The maximum absolute atomic E-state index is 11.2. The number of allylic oxidation sites excluding steroid dienone is 1. The van der Waals surface area contributed by atoms with E-state index in [4.69, 9.17) is 4.43 Å². The summed E-state index contributed by atoms with van der Waals surface area (Å²) in [6.45, 7) is 11.5. The van der Waals surface area contributed by atoms with Crippen molar-refractivity contribution < 1.29 is 9.22 Å². The number of carbonyl (C=O) groups excluding carboxylic acids is 1. The maximum atomic E-state index is 11.2. The molecule has 0 atom stereocenters. The summed E-state index contributed by atoms with van der Waals surface area (Å²) >= 11 is 3.08. The number of hydrogen-bond acceptors (Lipinski definition) is 2. The first-order valence-electron chi connectivity index (χ1n) is 5.14. The molecule has 0 heterocycles. The first kappa shape index (κ1) is 15.1. The van der Waals surface area contributed by atoms with E-state index in [1.54, 1.807) is 4.99 Å². The molecule has 88 valence electrons. The Hall–Kier alpha value is 0.0669. The number of ketones is 1. The van der Waals surface area contributed by atoms with Gasteiger partial charge >= 0.3 is 0 Å². The van der Waals surface area contributed by atoms with Crippen LogP contribution in [0.15, 0.2) is 11.1 Å². The molecule has 15 heavy (non-hydrogen) atoms. The Morgan fingerprint density at radius 1 is 1.40 bits per heavy atom. The van der Waals surface area contributed by atoms with Crippen molar-refractivity contribution in [3.05, 3.63) is 11.1 Å². The van der Waals surface area contributed by atoms with E-state index < -0.39 is 8.32 Å². The van der Waals surface area contributed by atoms with Gasteiger partial charge in [0.25, 0.3) is 0 Å². The third-order valence-electron chi connectivity index (χ3n) is 2.87. The minimum atomic E-state index is -1.68. The van der Waals surface area contributed by atoms with E-state index in [1.165, 1.54) is 6.08 Å². The summed E-state index contributed by atoms with van der Waals surface area (Å²) in [4.78, 5) is 12.8. The molecule has 0 saturated heterocycles. The number of halogens is 1. The molecule has 0 rings (SSSR count). The highest BCUT2D eigenvalue weighted by Crippen LogP contribution is 2.36. The topological polar surface area (TPSA) is 26.3 Å². The smallest absolute Gasteiger partial charge is 0.191 e. The van der Waals surface area contributed by atoms with Crippen LogP contribution in [0.2, 0.25) is 18.1 Å². The van der Waals surface area contributed by atoms with E-state index in [-0.39, 0.29) is 10.8 Å². The second kappa shape index (κ2) is 5.96. The van der Waals surface area contributed by atoms with Gasteiger partial charge in [-0.3, -0.25) is 4.79 Å².